The molecule has 3 aromatic rings. The Hall–Kier alpha value is -3.60. The smallest absolute Gasteiger partial charge is 0.247 e. The van der Waals surface area contributed by atoms with Gasteiger partial charge in [-0.2, -0.15) is 0 Å². The van der Waals surface area contributed by atoms with E-state index in [1.165, 1.54) is 36.3 Å². The topological polar surface area (TPSA) is 105 Å². The molecule has 0 unspecified atom stereocenters. The highest BCUT2D eigenvalue weighted by Crippen LogP contribution is 2.26. The van der Waals surface area contributed by atoms with Gasteiger partial charge in [0.2, 0.25) is 21.8 Å². The van der Waals surface area contributed by atoms with Crippen LogP contribution in [-0.4, -0.2) is 51.4 Å². The third-order valence-corrected chi connectivity index (χ3v) is 8.16. The zero-order valence-electron chi connectivity index (χ0n) is 22.4. The number of sulfonamides is 1. The average molecular weight is 568 g/mol. The van der Waals surface area contributed by atoms with Crippen LogP contribution in [0.1, 0.15) is 42.0 Å². The van der Waals surface area contributed by atoms with Crippen LogP contribution in [0.4, 0.5) is 4.39 Å². The first-order chi connectivity index (χ1) is 19.3. The summed E-state index contributed by atoms with van der Waals surface area (Å²) in [5.41, 5.74) is 2.12. The third-order valence-electron chi connectivity index (χ3n) is 6.63. The van der Waals surface area contributed by atoms with Gasteiger partial charge in [0.1, 0.15) is 11.9 Å². The number of ether oxygens (including phenoxy) is 1. The summed E-state index contributed by atoms with van der Waals surface area (Å²) >= 11 is 0. The van der Waals surface area contributed by atoms with Crippen LogP contribution >= 0.6 is 0 Å². The molecule has 0 heterocycles. The van der Waals surface area contributed by atoms with E-state index >= 15 is 0 Å². The van der Waals surface area contributed by atoms with Gasteiger partial charge >= 0.3 is 0 Å². The minimum Gasteiger partial charge on any atom is -0.383 e. The number of amides is 2. The molecule has 1 saturated carbocycles. The zero-order chi connectivity index (χ0) is 28.5. The van der Waals surface area contributed by atoms with Gasteiger partial charge in [0, 0.05) is 32.7 Å². The summed E-state index contributed by atoms with van der Waals surface area (Å²) in [5, 5.41) is 2.84. The molecule has 0 radical (unpaired) electrons. The number of methoxy groups -OCH3 is 1. The maximum atomic E-state index is 13.7. The molecule has 4 rings (SSSR count). The van der Waals surface area contributed by atoms with Crippen LogP contribution in [-0.2, 0) is 37.3 Å². The van der Waals surface area contributed by atoms with Gasteiger partial charge in [-0.3, -0.25) is 9.59 Å². The number of nitrogens with zero attached hydrogens (tertiary/aromatic N) is 1. The second-order valence-corrected chi connectivity index (χ2v) is 11.5. The SMILES string of the molecule is COCCNC(=O)[C@H](c1ccccc1)N(Cc1ccc(F)cc1)C(=O)CCc1ccc(S(=O)(=O)NC2CC2)cc1. The predicted molar refractivity (Wildman–Crippen MR) is 149 cm³/mol. The lowest BCUT2D eigenvalue weighted by Crippen LogP contribution is -2.44. The van der Waals surface area contributed by atoms with Crippen molar-refractivity contribution in [2.24, 2.45) is 0 Å². The lowest BCUT2D eigenvalue weighted by molar-refractivity contribution is -0.141. The van der Waals surface area contributed by atoms with E-state index in [4.69, 9.17) is 4.74 Å². The number of aryl methyl sites for hydroxylation is 1. The fraction of sp³-hybridized carbons (Fsp3) is 0.333. The number of rotatable bonds is 14. The summed E-state index contributed by atoms with van der Waals surface area (Å²) in [7, 11) is -2.02. The van der Waals surface area contributed by atoms with Crippen LogP contribution in [0, 0.1) is 5.82 Å². The van der Waals surface area contributed by atoms with Crippen LogP contribution in [0.5, 0.6) is 0 Å². The number of hydrogen-bond donors (Lipinski definition) is 2. The first kappa shape index (κ1) is 29.4. The molecule has 8 nitrogen and oxygen atoms in total. The Morgan fingerprint density at radius 1 is 0.975 bits per heavy atom. The molecule has 0 aliphatic heterocycles. The van der Waals surface area contributed by atoms with E-state index in [-0.39, 0.29) is 42.3 Å². The molecular formula is C30H34FN3O5S. The van der Waals surface area contributed by atoms with Gasteiger partial charge in [-0.1, -0.05) is 54.6 Å². The largest absolute Gasteiger partial charge is 0.383 e. The van der Waals surface area contributed by atoms with Crippen LogP contribution in [0.3, 0.4) is 0 Å². The van der Waals surface area contributed by atoms with E-state index in [0.29, 0.717) is 24.2 Å². The molecule has 0 spiro atoms. The molecule has 0 saturated heterocycles. The molecule has 3 aromatic carbocycles. The van der Waals surface area contributed by atoms with E-state index in [1.807, 2.05) is 6.07 Å². The zero-order valence-corrected chi connectivity index (χ0v) is 23.2. The lowest BCUT2D eigenvalue weighted by Gasteiger charge is -2.32. The number of carbonyl (C=O) groups excluding carboxylic acids is 2. The predicted octanol–water partition coefficient (Wildman–Crippen LogP) is 3.73. The van der Waals surface area contributed by atoms with Crippen molar-refractivity contribution in [1.82, 2.24) is 14.9 Å². The molecular weight excluding hydrogens is 533 g/mol. The number of hydrogen-bond acceptors (Lipinski definition) is 5. The number of carbonyl (C=O) groups is 2. The molecule has 2 amide bonds. The van der Waals surface area contributed by atoms with Crippen molar-refractivity contribution < 1.29 is 27.1 Å². The highest BCUT2D eigenvalue weighted by atomic mass is 32.2. The van der Waals surface area contributed by atoms with Crippen molar-refractivity contribution in [3.63, 3.8) is 0 Å². The Kier molecular flexibility index (Phi) is 10.0. The Morgan fingerprint density at radius 3 is 2.25 bits per heavy atom. The summed E-state index contributed by atoms with van der Waals surface area (Å²) in [4.78, 5) is 28.8. The van der Waals surface area contributed by atoms with E-state index in [2.05, 4.69) is 10.0 Å². The highest BCUT2D eigenvalue weighted by Gasteiger charge is 2.31. The maximum absolute atomic E-state index is 13.7. The van der Waals surface area contributed by atoms with Crippen molar-refractivity contribution in [2.75, 3.05) is 20.3 Å². The molecule has 1 aliphatic rings. The number of benzene rings is 3. The Balaban J connectivity index is 1.54. The van der Waals surface area contributed by atoms with Crippen molar-refractivity contribution in [3.8, 4) is 0 Å². The molecule has 0 aromatic heterocycles. The van der Waals surface area contributed by atoms with E-state index in [0.717, 1.165) is 18.4 Å². The first-order valence-corrected chi connectivity index (χ1v) is 14.7. The van der Waals surface area contributed by atoms with Gasteiger partial charge in [-0.25, -0.2) is 17.5 Å². The Bertz CT molecular complexity index is 1380. The molecule has 212 valence electrons. The fourth-order valence-corrected chi connectivity index (χ4v) is 5.61. The second kappa shape index (κ2) is 13.6. The van der Waals surface area contributed by atoms with Gasteiger partial charge in [0.15, 0.2) is 0 Å². The van der Waals surface area contributed by atoms with E-state index in [1.54, 1.807) is 48.5 Å². The van der Waals surface area contributed by atoms with Gasteiger partial charge in [0.05, 0.1) is 11.5 Å². The Labute approximate surface area is 234 Å². The monoisotopic (exact) mass is 567 g/mol. The van der Waals surface area contributed by atoms with Gasteiger partial charge in [-0.05, 0) is 60.2 Å². The van der Waals surface area contributed by atoms with Gasteiger partial charge < -0.3 is 15.0 Å². The van der Waals surface area contributed by atoms with Crippen molar-refractivity contribution in [1.29, 1.82) is 0 Å². The molecule has 0 bridgehead atoms. The van der Waals surface area contributed by atoms with Crippen LogP contribution in [0.15, 0.2) is 83.8 Å². The van der Waals surface area contributed by atoms with Gasteiger partial charge in [0.25, 0.3) is 0 Å². The van der Waals surface area contributed by atoms with E-state index in [9.17, 15) is 22.4 Å². The molecule has 40 heavy (non-hydrogen) atoms. The minimum atomic E-state index is -3.56. The molecule has 10 heteroatoms. The number of nitrogens with one attached hydrogen (secondary N) is 2. The molecule has 1 atom stereocenters. The number of halogens is 1. The van der Waals surface area contributed by atoms with E-state index < -0.39 is 21.9 Å². The maximum Gasteiger partial charge on any atom is 0.247 e. The molecule has 1 aliphatic carbocycles. The van der Waals surface area contributed by atoms with Crippen LogP contribution < -0.4 is 10.0 Å². The third kappa shape index (κ3) is 8.20. The summed E-state index contributed by atoms with van der Waals surface area (Å²) in [6.07, 6.45) is 2.13. The average Bonchev–Trinajstić information content (AvgIpc) is 3.77. The van der Waals surface area contributed by atoms with Gasteiger partial charge in [-0.15, -0.1) is 0 Å². The molecule has 1 fully saturated rings. The summed E-state index contributed by atoms with van der Waals surface area (Å²) in [5.74, 6) is -1.01. The second-order valence-electron chi connectivity index (χ2n) is 9.78. The fourth-order valence-electron chi connectivity index (χ4n) is 4.31. The van der Waals surface area contributed by atoms with Crippen LogP contribution in [0.25, 0.3) is 0 Å². The summed E-state index contributed by atoms with van der Waals surface area (Å²) in [6.45, 7) is 0.698. The summed E-state index contributed by atoms with van der Waals surface area (Å²) < 4.78 is 46.2. The molecule has 2 N–H and O–H groups in total. The standard InChI is InChI=1S/C30H34FN3O5S/c1-39-20-19-32-30(36)29(24-5-3-2-4-6-24)34(21-23-7-12-25(31)13-8-23)28(35)18-11-22-9-16-27(17-10-22)40(37,38)33-26-14-15-26/h2-10,12-13,16-17,26,29,33H,11,14-15,18-21H2,1H3,(H,32,36)/t29-/m0/s1. The quantitative estimate of drug-likeness (QED) is 0.289. The normalized spacial score (nSPS) is 13.9. The lowest BCUT2D eigenvalue weighted by atomic mass is 10.0. The first-order valence-electron chi connectivity index (χ1n) is 13.2. The van der Waals surface area contributed by atoms with Crippen molar-refractivity contribution >= 4 is 21.8 Å². The van der Waals surface area contributed by atoms with Crippen molar-refractivity contribution in [2.45, 2.75) is 49.2 Å². The highest BCUT2D eigenvalue weighted by molar-refractivity contribution is 7.89. The Morgan fingerprint density at radius 2 is 1.62 bits per heavy atom. The van der Waals surface area contributed by atoms with Crippen molar-refractivity contribution in [3.05, 3.63) is 101 Å². The van der Waals surface area contributed by atoms with Crippen LogP contribution in [0.2, 0.25) is 0 Å². The minimum absolute atomic E-state index is 0.0126. The summed E-state index contributed by atoms with van der Waals surface area (Å²) in [6, 6.07) is 20.4.